The fraction of sp³-hybridized carbons (Fsp3) is 0.429. The Balaban J connectivity index is 1.85. The molecule has 3 aromatic rings. The summed E-state index contributed by atoms with van der Waals surface area (Å²) < 4.78 is 0. The van der Waals surface area contributed by atoms with Crippen molar-refractivity contribution in [1.82, 2.24) is 0 Å². The highest BCUT2D eigenvalue weighted by Gasteiger charge is 2.17. The zero-order valence-electron chi connectivity index (χ0n) is 19.4. The first-order chi connectivity index (χ1) is 13.4. The van der Waals surface area contributed by atoms with E-state index in [0.29, 0.717) is 0 Å². The van der Waals surface area contributed by atoms with E-state index in [2.05, 4.69) is 104 Å². The highest BCUT2D eigenvalue weighted by molar-refractivity contribution is 7.12. The molecule has 0 aliphatic carbocycles. The van der Waals surface area contributed by atoms with Gasteiger partial charge in [0.2, 0.25) is 0 Å². The van der Waals surface area contributed by atoms with Crippen molar-refractivity contribution in [2.45, 2.75) is 79.1 Å². The summed E-state index contributed by atoms with van der Waals surface area (Å²) >= 11 is 1.95. The summed E-state index contributed by atoms with van der Waals surface area (Å²) in [7, 11) is 0. The summed E-state index contributed by atoms with van der Waals surface area (Å²) in [4.78, 5) is 2.92. The first kappa shape index (κ1) is 21.8. The molecule has 0 N–H and O–H groups in total. The van der Waals surface area contributed by atoms with E-state index < -0.39 is 0 Å². The van der Waals surface area contributed by atoms with Gasteiger partial charge in [0.25, 0.3) is 0 Å². The van der Waals surface area contributed by atoms with Gasteiger partial charge in [-0.05, 0) is 70.9 Å². The van der Waals surface area contributed by atoms with Crippen LogP contribution in [0.1, 0.15) is 84.7 Å². The number of hydrogen-bond donors (Lipinski definition) is 0. The van der Waals surface area contributed by atoms with Crippen LogP contribution in [0.4, 0.5) is 0 Å². The van der Waals surface area contributed by atoms with Gasteiger partial charge in [-0.25, -0.2) is 0 Å². The second-order valence-corrected chi connectivity index (χ2v) is 11.8. The van der Waals surface area contributed by atoms with Gasteiger partial charge in [0.1, 0.15) is 0 Å². The van der Waals surface area contributed by atoms with Crippen LogP contribution in [0, 0.1) is 13.8 Å². The number of aryl methyl sites for hydroxylation is 2. The van der Waals surface area contributed by atoms with Crippen LogP contribution in [0.5, 0.6) is 0 Å². The van der Waals surface area contributed by atoms with Crippen molar-refractivity contribution >= 4 is 11.3 Å². The van der Waals surface area contributed by atoms with E-state index in [1.165, 1.54) is 43.1 Å². The third-order valence-electron chi connectivity index (χ3n) is 5.92. The zero-order chi connectivity index (χ0) is 21.4. The second kappa shape index (κ2) is 8.11. The molecule has 1 heteroatoms. The van der Waals surface area contributed by atoms with Crippen molar-refractivity contribution in [3.05, 3.63) is 91.7 Å². The lowest BCUT2D eigenvalue weighted by atomic mass is 9.85. The summed E-state index contributed by atoms with van der Waals surface area (Å²) in [6.07, 6.45) is 2.05. The molecule has 0 atom stereocenters. The second-order valence-electron chi connectivity index (χ2n) is 10.4. The van der Waals surface area contributed by atoms with Crippen LogP contribution < -0.4 is 0 Å². The van der Waals surface area contributed by atoms with Gasteiger partial charge >= 0.3 is 0 Å². The lowest BCUT2D eigenvalue weighted by Gasteiger charge is -2.19. The van der Waals surface area contributed by atoms with Crippen molar-refractivity contribution in [3.63, 3.8) is 0 Å². The maximum Gasteiger partial charge on any atom is 0.00553 e. The minimum atomic E-state index is 0.206. The van der Waals surface area contributed by atoms with Gasteiger partial charge < -0.3 is 0 Å². The molecule has 0 bridgehead atoms. The maximum atomic E-state index is 2.31. The van der Waals surface area contributed by atoms with Crippen molar-refractivity contribution in [1.29, 1.82) is 0 Å². The van der Waals surface area contributed by atoms with Crippen molar-refractivity contribution in [3.8, 4) is 0 Å². The molecule has 0 saturated heterocycles. The molecule has 2 aromatic carbocycles. The average molecular weight is 405 g/mol. The third kappa shape index (κ3) is 5.20. The van der Waals surface area contributed by atoms with Gasteiger partial charge in [-0.3, -0.25) is 0 Å². The van der Waals surface area contributed by atoms with E-state index in [4.69, 9.17) is 0 Å². The summed E-state index contributed by atoms with van der Waals surface area (Å²) in [6, 6.07) is 18.5. The highest BCUT2D eigenvalue weighted by Crippen LogP contribution is 2.32. The molecule has 0 radical (unpaired) electrons. The minimum absolute atomic E-state index is 0.206. The molecule has 1 heterocycles. The van der Waals surface area contributed by atoms with Crippen molar-refractivity contribution in [2.24, 2.45) is 0 Å². The first-order valence-corrected chi connectivity index (χ1v) is 11.5. The van der Waals surface area contributed by atoms with Gasteiger partial charge in [-0.1, -0.05) is 90.1 Å². The Kier molecular flexibility index (Phi) is 6.11. The van der Waals surface area contributed by atoms with Crippen LogP contribution >= 0.6 is 11.3 Å². The molecule has 0 spiro atoms. The largest absolute Gasteiger partial charge is 0.145 e. The monoisotopic (exact) mass is 404 g/mol. The molecular weight excluding hydrogens is 368 g/mol. The molecule has 0 nitrogen and oxygen atoms in total. The number of rotatable bonds is 4. The van der Waals surface area contributed by atoms with Crippen molar-refractivity contribution < 1.29 is 0 Å². The van der Waals surface area contributed by atoms with Gasteiger partial charge in [0.15, 0.2) is 0 Å². The molecule has 0 saturated carbocycles. The highest BCUT2D eigenvalue weighted by atomic mass is 32.1. The van der Waals surface area contributed by atoms with E-state index in [9.17, 15) is 0 Å². The molecule has 0 aliphatic heterocycles. The standard InChI is InChI=1S/C28H36S/c1-19-25(17-21-9-13-23(14-10-21)27(3,4)5)26(20(2)29-19)18-22-11-15-24(16-12-22)28(6,7)8/h9-16H,17-18H2,1-8H3. The molecule has 154 valence electrons. The van der Waals surface area contributed by atoms with Crippen molar-refractivity contribution in [2.75, 3.05) is 0 Å². The number of benzene rings is 2. The van der Waals surface area contributed by atoms with Crippen LogP contribution in [-0.4, -0.2) is 0 Å². The lowest BCUT2D eigenvalue weighted by molar-refractivity contribution is 0.589. The van der Waals surface area contributed by atoms with Crippen LogP contribution in [0.2, 0.25) is 0 Å². The maximum absolute atomic E-state index is 2.31. The summed E-state index contributed by atoms with van der Waals surface area (Å²) in [5.74, 6) is 0. The predicted octanol–water partition coefficient (Wildman–Crippen LogP) is 8.14. The van der Waals surface area contributed by atoms with Gasteiger partial charge in [-0.2, -0.15) is 0 Å². The topological polar surface area (TPSA) is 0 Å². The van der Waals surface area contributed by atoms with Gasteiger partial charge in [0.05, 0.1) is 0 Å². The predicted molar refractivity (Wildman–Crippen MR) is 130 cm³/mol. The normalized spacial score (nSPS) is 12.4. The summed E-state index contributed by atoms with van der Waals surface area (Å²) in [5.41, 5.74) is 9.07. The molecular formula is C28H36S. The summed E-state index contributed by atoms with van der Waals surface area (Å²) in [6.45, 7) is 18.2. The minimum Gasteiger partial charge on any atom is -0.145 e. The molecule has 3 rings (SSSR count). The average Bonchev–Trinajstić information content (AvgIpc) is 2.88. The molecule has 29 heavy (non-hydrogen) atoms. The van der Waals surface area contributed by atoms with Crippen LogP contribution in [0.15, 0.2) is 48.5 Å². The van der Waals surface area contributed by atoms with Crippen LogP contribution in [0.25, 0.3) is 0 Å². The Bertz CT molecular complexity index is 875. The Morgan fingerprint density at radius 3 is 1.14 bits per heavy atom. The Morgan fingerprint density at radius 2 is 0.862 bits per heavy atom. The van der Waals surface area contributed by atoms with E-state index in [1.807, 2.05) is 11.3 Å². The summed E-state index contributed by atoms with van der Waals surface area (Å²) in [5, 5.41) is 0. The quantitative estimate of drug-likeness (QED) is 0.411. The number of hydrogen-bond acceptors (Lipinski definition) is 1. The molecule has 0 fully saturated rings. The van der Waals surface area contributed by atoms with E-state index in [0.717, 1.165) is 12.8 Å². The molecule has 0 unspecified atom stereocenters. The van der Waals surface area contributed by atoms with Gasteiger partial charge in [0, 0.05) is 9.75 Å². The zero-order valence-corrected chi connectivity index (χ0v) is 20.3. The van der Waals surface area contributed by atoms with E-state index in [-0.39, 0.29) is 10.8 Å². The molecule has 0 amide bonds. The SMILES string of the molecule is Cc1sc(C)c(Cc2ccc(C(C)(C)C)cc2)c1Cc1ccc(C(C)(C)C)cc1. The Hall–Kier alpha value is -1.86. The first-order valence-electron chi connectivity index (χ1n) is 10.7. The van der Waals surface area contributed by atoms with Crippen LogP contribution in [0.3, 0.4) is 0 Å². The van der Waals surface area contributed by atoms with E-state index >= 15 is 0 Å². The fourth-order valence-electron chi connectivity index (χ4n) is 3.89. The van der Waals surface area contributed by atoms with Gasteiger partial charge in [-0.15, -0.1) is 11.3 Å². The van der Waals surface area contributed by atoms with Crippen LogP contribution in [-0.2, 0) is 23.7 Å². The molecule has 0 aliphatic rings. The Morgan fingerprint density at radius 1 is 0.552 bits per heavy atom. The Labute approximate surface area is 182 Å². The number of thiophene rings is 1. The smallest absolute Gasteiger partial charge is 0.00553 e. The fourth-order valence-corrected chi connectivity index (χ4v) is 4.99. The lowest BCUT2D eigenvalue weighted by Crippen LogP contribution is -2.11. The molecule has 1 aromatic heterocycles. The third-order valence-corrected chi connectivity index (χ3v) is 7.03. The van der Waals surface area contributed by atoms with E-state index in [1.54, 1.807) is 0 Å².